The lowest BCUT2D eigenvalue weighted by Gasteiger charge is -2.01. The lowest BCUT2D eigenvalue weighted by Crippen LogP contribution is -2.15. The first-order valence-electron chi connectivity index (χ1n) is 3.72. The molecule has 0 amide bonds. The lowest BCUT2D eigenvalue weighted by atomic mass is 10.3. The van der Waals surface area contributed by atoms with E-state index in [1.165, 1.54) is 0 Å². The largest absolute Gasteiger partial charge is 0.466 e. The van der Waals surface area contributed by atoms with Crippen LogP contribution in [0.25, 0.3) is 0 Å². The van der Waals surface area contributed by atoms with Crippen LogP contribution in [0.4, 0.5) is 0 Å². The van der Waals surface area contributed by atoms with Gasteiger partial charge in [-0.1, -0.05) is 0 Å². The fourth-order valence-electron chi connectivity index (χ4n) is 0.640. The molecule has 0 rings (SSSR count). The van der Waals surface area contributed by atoms with E-state index < -0.39 is 0 Å². The van der Waals surface area contributed by atoms with Crippen molar-refractivity contribution in [2.45, 2.75) is 19.8 Å². The SMILES string of the molecule is CCOC(=O)CCCNOC. The summed E-state index contributed by atoms with van der Waals surface area (Å²) in [5.41, 5.74) is 2.64. The zero-order valence-electron chi connectivity index (χ0n) is 7.05. The summed E-state index contributed by atoms with van der Waals surface area (Å²) in [6, 6.07) is 0. The molecule has 0 unspecified atom stereocenters. The van der Waals surface area contributed by atoms with E-state index in [4.69, 9.17) is 4.74 Å². The molecule has 4 nitrogen and oxygen atoms in total. The summed E-state index contributed by atoms with van der Waals surface area (Å²) >= 11 is 0. The highest BCUT2D eigenvalue weighted by molar-refractivity contribution is 5.69. The third-order valence-corrected chi connectivity index (χ3v) is 1.11. The standard InChI is InChI=1S/C7H15NO3/c1-3-11-7(9)5-4-6-8-10-2/h8H,3-6H2,1-2H3. The number of esters is 1. The van der Waals surface area contributed by atoms with E-state index in [2.05, 4.69) is 10.3 Å². The second-order valence-electron chi connectivity index (χ2n) is 2.01. The number of nitrogens with one attached hydrogen (secondary N) is 1. The topological polar surface area (TPSA) is 47.6 Å². The molecule has 0 fully saturated rings. The van der Waals surface area contributed by atoms with E-state index in [1.807, 2.05) is 0 Å². The van der Waals surface area contributed by atoms with Crippen LogP contribution in [0, 0.1) is 0 Å². The summed E-state index contributed by atoms with van der Waals surface area (Å²) < 4.78 is 4.71. The number of carbonyl (C=O) groups excluding carboxylic acids is 1. The predicted molar refractivity (Wildman–Crippen MR) is 40.9 cm³/mol. The number of hydroxylamine groups is 1. The zero-order valence-corrected chi connectivity index (χ0v) is 7.05. The van der Waals surface area contributed by atoms with Gasteiger partial charge in [-0.2, -0.15) is 0 Å². The first-order chi connectivity index (χ1) is 5.31. The van der Waals surface area contributed by atoms with Crippen molar-refractivity contribution in [3.8, 4) is 0 Å². The van der Waals surface area contributed by atoms with Gasteiger partial charge in [0.25, 0.3) is 0 Å². The summed E-state index contributed by atoms with van der Waals surface area (Å²) in [4.78, 5) is 15.3. The van der Waals surface area contributed by atoms with Crippen LogP contribution < -0.4 is 5.48 Å². The number of ether oxygens (including phenoxy) is 1. The van der Waals surface area contributed by atoms with Crippen molar-refractivity contribution < 1.29 is 14.4 Å². The molecule has 4 heteroatoms. The van der Waals surface area contributed by atoms with Crippen molar-refractivity contribution in [3.05, 3.63) is 0 Å². The van der Waals surface area contributed by atoms with E-state index in [0.29, 0.717) is 19.6 Å². The molecule has 0 aromatic heterocycles. The molecule has 0 heterocycles. The van der Waals surface area contributed by atoms with Gasteiger partial charge in [0.1, 0.15) is 0 Å². The molecule has 0 aliphatic heterocycles. The van der Waals surface area contributed by atoms with Crippen LogP contribution in [0.1, 0.15) is 19.8 Å². The summed E-state index contributed by atoms with van der Waals surface area (Å²) in [5.74, 6) is -0.148. The van der Waals surface area contributed by atoms with Crippen molar-refractivity contribution in [2.75, 3.05) is 20.3 Å². The van der Waals surface area contributed by atoms with Crippen molar-refractivity contribution in [3.63, 3.8) is 0 Å². The zero-order chi connectivity index (χ0) is 8.53. The van der Waals surface area contributed by atoms with Crippen LogP contribution in [0.5, 0.6) is 0 Å². The van der Waals surface area contributed by atoms with E-state index >= 15 is 0 Å². The van der Waals surface area contributed by atoms with Crippen LogP contribution >= 0.6 is 0 Å². The van der Waals surface area contributed by atoms with E-state index in [0.717, 1.165) is 6.42 Å². The minimum atomic E-state index is -0.148. The van der Waals surface area contributed by atoms with Crippen LogP contribution in [0.15, 0.2) is 0 Å². The highest BCUT2D eigenvalue weighted by Gasteiger charge is 1.99. The Morgan fingerprint density at radius 3 is 2.82 bits per heavy atom. The van der Waals surface area contributed by atoms with Crippen LogP contribution in [0.2, 0.25) is 0 Å². The van der Waals surface area contributed by atoms with Crippen LogP contribution in [-0.2, 0) is 14.4 Å². The highest BCUT2D eigenvalue weighted by Crippen LogP contribution is 1.90. The average Bonchev–Trinajstić information content (AvgIpc) is 1.99. The Hall–Kier alpha value is -0.610. The monoisotopic (exact) mass is 161 g/mol. The third kappa shape index (κ3) is 7.29. The minimum Gasteiger partial charge on any atom is -0.466 e. The molecule has 0 aliphatic carbocycles. The lowest BCUT2D eigenvalue weighted by molar-refractivity contribution is -0.143. The summed E-state index contributed by atoms with van der Waals surface area (Å²) in [7, 11) is 1.55. The Balaban J connectivity index is 3.04. The quantitative estimate of drug-likeness (QED) is 0.349. The molecule has 0 saturated carbocycles. The van der Waals surface area contributed by atoms with Gasteiger partial charge in [0, 0.05) is 13.0 Å². The van der Waals surface area contributed by atoms with Crippen LogP contribution in [-0.4, -0.2) is 26.2 Å². The second-order valence-corrected chi connectivity index (χ2v) is 2.01. The molecule has 0 aromatic rings. The third-order valence-electron chi connectivity index (χ3n) is 1.11. The summed E-state index contributed by atoms with van der Waals surface area (Å²) in [6.07, 6.45) is 1.19. The molecule has 0 aromatic carbocycles. The highest BCUT2D eigenvalue weighted by atomic mass is 16.6. The maximum Gasteiger partial charge on any atom is 0.305 e. The van der Waals surface area contributed by atoms with Crippen molar-refractivity contribution in [1.82, 2.24) is 5.48 Å². The van der Waals surface area contributed by atoms with Crippen molar-refractivity contribution in [2.24, 2.45) is 0 Å². The minimum absolute atomic E-state index is 0.148. The molecule has 0 atom stereocenters. The Kier molecular flexibility index (Phi) is 7.08. The van der Waals surface area contributed by atoms with Crippen molar-refractivity contribution >= 4 is 5.97 Å². The Labute approximate surface area is 66.8 Å². The second kappa shape index (κ2) is 7.50. The molecule has 0 saturated heterocycles. The summed E-state index contributed by atoms with van der Waals surface area (Å²) in [5, 5.41) is 0. The normalized spacial score (nSPS) is 9.64. The smallest absolute Gasteiger partial charge is 0.305 e. The fourth-order valence-corrected chi connectivity index (χ4v) is 0.640. The Morgan fingerprint density at radius 1 is 1.55 bits per heavy atom. The van der Waals surface area contributed by atoms with E-state index in [-0.39, 0.29) is 5.97 Å². The van der Waals surface area contributed by atoms with Gasteiger partial charge in [-0.15, -0.1) is 0 Å². The van der Waals surface area contributed by atoms with Gasteiger partial charge in [0.05, 0.1) is 13.7 Å². The van der Waals surface area contributed by atoms with Gasteiger partial charge in [-0.05, 0) is 13.3 Å². The molecule has 0 aliphatic rings. The molecule has 0 radical (unpaired) electrons. The van der Waals surface area contributed by atoms with Gasteiger partial charge in [-0.3, -0.25) is 4.79 Å². The molecule has 0 bridgehead atoms. The number of carbonyl (C=O) groups is 1. The number of hydrogen-bond acceptors (Lipinski definition) is 4. The van der Waals surface area contributed by atoms with Crippen molar-refractivity contribution in [1.29, 1.82) is 0 Å². The molecule has 11 heavy (non-hydrogen) atoms. The van der Waals surface area contributed by atoms with Crippen LogP contribution in [0.3, 0.4) is 0 Å². The maximum absolute atomic E-state index is 10.7. The molecule has 66 valence electrons. The van der Waals surface area contributed by atoms with E-state index in [9.17, 15) is 4.79 Å². The van der Waals surface area contributed by atoms with Gasteiger partial charge in [-0.25, -0.2) is 5.48 Å². The fraction of sp³-hybridized carbons (Fsp3) is 0.857. The molecular formula is C7H15NO3. The van der Waals surface area contributed by atoms with Gasteiger partial charge in [0.15, 0.2) is 0 Å². The van der Waals surface area contributed by atoms with Gasteiger partial charge >= 0.3 is 5.97 Å². The summed E-state index contributed by atoms with van der Waals surface area (Å²) in [6.45, 7) is 2.93. The first-order valence-corrected chi connectivity index (χ1v) is 3.72. The number of hydrogen-bond donors (Lipinski definition) is 1. The molecule has 1 N–H and O–H groups in total. The van der Waals surface area contributed by atoms with E-state index in [1.54, 1.807) is 14.0 Å². The molecule has 0 spiro atoms. The predicted octanol–water partition coefficient (Wildman–Crippen LogP) is 0.481. The average molecular weight is 161 g/mol. The van der Waals surface area contributed by atoms with Gasteiger partial charge < -0.3 is 9.57 Å². The number of rotatable bonds is 6. The Morgan fingerprint density at radius 2 is 2.27 bits per heavy atom. The molecular weight excluding hydrogens is 146 g/mol. The first kappa shape index (κ1) is 10.4. The Bertz CT molecular complexity index is 106. The van der Waals surface area contributed by atoms with Gasteiger partial charge in [0.2, 0.25) is 0 Å². The maximum atomic E-state index is 10.7.